The van der Waals surface area contributed by atoms with Crippen LogP contribution in [0.2, 0.25) is 0 Å². The first kappa shape index (κ1) is 13.6. The fraction of sp³-hybridized carbons (Fsp3) is 0.474. The fourth-order valence-electron chi connectivity index (χ4n) is 3.61. The first-order valence-corrected chi connectivity index (χ1v) is 7.97. The highest BCUT2D eigenvalue weighted by Crippen LogP contribution is 2.36. The van der Waals surface area contributed by atoms with Crippen LogP contribution in [0.4, 0.5) is 0 Å². The molecule has 0 fully saturated rings. The summed E-state index contributed by atoms with van der Waals surface area (Å²) in [6.45, 7) is 7.85. The molecule has 20 heavy (non-hydrogen) atoms. The molecule has 1 aliphatic carbocycles. The van der Waals surface area contributed by atoms with Gasteiger partial charge in [-0.05, 0) is 59.2 Å². The minimum absolute atomic E-state index is 0.477. The minimum Gasteiger partial charge on any atom is -0.310 e. The predicted molar refractivity (Wildman–Crippen MR) is 87.2 cm³/mol. The van der Waals surface area contributed by atoms with E-state index in [-0.39, 0.29) is 0 Å². The molecule has 2 aromatic rings. The van der Waals surface area contributed by atoms with E-state index in [4.69, 9.17) is 0 Å². The third kappa shape index (κ3) is 2.35. The lowest BCUT2D eigenvalue weighted by Gasteiger charge is -2.22. The van der Waals surface area contributed by atoms with Crippen molar-refractivity contribution in [2.75, 3.05) is 6.54 Å². The summed E-state index contributed by atoms with van der Waals surface area (Å²) in [6.07, 6.45) is 3.63. The van der Waals surface area contributed by atoms with Crippen molar-refractivity contribution in [2.24, 2.45) is 5.92 Å². The Kier molecular flexibility index (Phi) is 3.80. The highest BCUT2D eigenvalue weighted by molar-refractivity contribution is 5.93. The van der Waals surface area contributed by atoms with Crippen molar-refractivity contribution in [3.8, 4) is 0 Å². The van der Waals surface area contributed by atoms with Crippen molar-refractivity contribution in [3.05, 3.63) is 47.0 Å². The lowest BCUT2D eigenvalue weighted by molar-refractivity contribution is 0.440. The topological polar surface area (TPSA) is 12.0 Å². The third-order valence-corrected chi connectivity index (χ3v) is 4.44. The standard InChI is InChI=1S/C19H25N/c1-4-20-18(12-13(2)3)16-11-10-15-9-8-14-6-5-7-17(16)19(14)15/h5-7,10-11,13,18,20H,4,8-9,12H2,1-3H3. The molecule has 0 amide bonds. The molecule has 1 nitrogen and oxygen atoms in total. The number of hydrogen-bond acceptors (Lipinski definition) is 1. The molecular formula is C19H25N. The molecule has 0 aromatic heterocycles. The Morgan fingerprint density at radius 2 is 1.80 bits per heavy atom. The van der Waals surface area contributed by atoms with Crippen molar-refractivity contribution in [1.29, 1.82) is 0 Å². The SMILES string of the molecule is CCNC(CC(C)C)c1ccc2c3c(cccc13)CC2. The maximum Gasteiger partial charge on any atom is 0.0328 e. The van der Waals surface area contributed by atoms with Gasteiger partial charge in [0, 0.05) is 6.04 Å². The van der Waals surface area contributed by atoms with E-state index >= 15 is 0 Å². The smallest absolute Gasteiger partial charge is 0.0328 e. The Bertz CT molecular complexity index is 602. The van der Waals surface area contributed by atoms with Crippen LogP contribution in [-0.2, 0) is 12.8 Å². The molecule has 1 heteroatoms. The van der Waals surface area contributed by atoms with E-state index < -0.39 is 0 Å². The van der Waals surface area contributed by atoms with Gasteiger partial charge in [-0.3, -0.25) is 0 Å². The van der Waals surface area contributed by atoms with Crippen LogP contribution in [0.5, 0.6) is 0 Å². The summed E-state index contributed by atoms with van der Waals surface area (Å²) in [5.74, 6) is 0.710. The number of aryl methyl sites for hydroxylation is 2. The molecule has 1 unspecified atom stereocenters. The van der Waals surface area contributed by atoms with Gasteiger partial charge in [0.25, 0.3) is 0 Å². The Morgan fingerprint density at radius 3 is 2.50 bits per heavy atom. The van der Waals surface area contributed by atoms with E-state index in [9.17, 15) is 0 Å². The summed E-state index contributed by atoms with van der Waals surface area (Å²) in [5.41, 5.74) is 4.57. The molecule has 0 spiro atoms. The van der Waals surface area contributed by atoms with Crippen molar-refractivity contribution in [2.45, 2.75) is 46.1 Å². The first-order valence-electron chi connectivity index (χ1n) is 7.97. The van der Waals surface area contributed by atoms with E-state index in [0.717, 1.165) is 6.54 Å². The molecule has 106 valence electrons. The van der Waals surface area contributed by atoms with Crippen LogP contribution in [-0.4, -0.2) is 6.54 Å². The van der Waals surface area contributed by atoms with Gasteiger partial charge < -0.3 is 5.32 Å². The van der Waals surface area contributed by atoms with Crippen LogP contribution in [0.1, 0.15) is 49.9 Å². The number of hydrogen-bond donors (Lipinski definition) is 1. The summed E-state index contributed by atoms with van der Waals surface area (Å²) < 4.78 is 0. The first-order chi connectivity index (χ1) is 9.70. The molecule has 1 N–H and O–H groups in total. The molecule has 2 aromatic carbocycles. The van der Waals surface area contributed by atoms with Crippen LogP contribution in [0, 0.1) is 5.92 Å². The molecule has 0 aliphatic heterocycles. The van der Waals surface area contributed by atoms with Gasteiger partial charge in [0.05, 0.1) is 0 Å². The molecule has 0 heterocycles. The Labute approximate surface area is 122 Å². The number of benzene rings is 2. The average molecular weight is 267 g/mol. The predicted octanol–water partition coefficient (Wildman–Crippen LogP) is 4.64. The van der Waals surface area contributed by atoms with Crippen LogP contribution in [0.25, 0.3) is 10.8 Å². The fourth-order valence-corrected chi connectivity index (χ4v) is 3.61. The van der Waals surface area contributed by atoms with E-state index in [0.29, 0.717) is 12.0 Å². The molecule has 0 radical (unpaired) electrons. The highest BCUT2D eigenvalue weighted by Gasteiger charge is 2.20. The maximum absolute atomic E-state index is 3.68. The van der Waals surface area contributed by atoms with Crippen LogP contribution in [0.15, 0.2) is 30.3 Å². The van der Waals surface area contributed by atoms with Crippen molar-refractivity contribution in [1.82, 2.24) is 5.32 Å². The lowest BCUT2D eigenvalue weighted by atomic mass is 9.91. The summed E-state index contributed by atoms with van der Waals surface area (Å²) >= 11 is 0. The number of rotatable bonds is 5. The van der Waals surface area contributed by atoms with E-state index in [1.165, 1.54) is 35.6 Å². The molecule has 1 aliphatic rings. The largest absolute Gasteiger partial charge is 0.310 e. The zero-order chi connectivity index (χ0) is 14.1. The Hall–Kier alpha value is -1.34. The average Bonchev–Trinajstić information content (AvgIpc) is 2.84. The summed E-state index contributed by atoms with van der Waals surface area (Å²) in [5, 5.41) is 6.70. The zero-order valence-electron chi connectivity index (χ0n) is 12.9. The van der Waals surface area contributed by atoms with Crippen LogP contribution in [0.3, 0.4) is 0 Å². The van der Waals surface area contributed by atoms with Gasteiger partial charge in [-0.1, -0.05) is 51.1 Å². The summed E-state index contributed by atoms with van der Waals surface area (Å²) in [7, 11) is 0. The second-order valence-corrected chi connectivity index (χ2v) is 6.39. The zero-order valence-corrected chi connectivity index (χ0v) is 12.9. The normalized spacial score (nSPS) is 15.2. The van der Waals surface area contributed by atoms with Crippen LogP contribution >= 0.6 is 0 Å². The molecule has 1 atom stereocenters. The molecular weight excluding hydrogens is 242 g/mol. The second kappa shape index (κ2) is 5.57. The van der Waals surface area contributed by atoms with E-state index in [1.807, 2.05) is 0 Å². The second-order valence-electron chi connectivity index (χ2n) is 6.39. The quantitative estimate of drug-likeness (QED) is 0.832. The maximum atomic E-state index is 3.68. The van der Waals surface area contributed by atoms with Gasteiger partial charge in [-0.15, -0.1) is 0 Å². The third-order valence-electron chi connectivity index (χ3n) is 4.44. The monoisotopic (exact) mass is 267 g/mol. The highest BCUT2D eigenvalue weighted by atomic mass is 14.9. The lowest BCUT2D eigenvalue weighted by Crippen LogP contribution is -2.22. The summed E-state index contributed by atoms with van der Waals surface area (Å²) in [4.78, 5) is 0. The number of nitrogens with one attached hydrogen (secondary N) is 1. The van der Waals surface area contributed by atoms with Gasteiger partial charge in [-0.2, -0.15) is 0 Å². The van der Waals surface area contributed by atoms with Crippen molar-refractivity contribution in [3.63, 3.8) is 0 Å². The van der Waals surface area contributed by atoms with E-state index in [1.54, 1.807) is 11.1 Å². The van der Waals surface area contributed by atoms with Crippen LogP contribution < -0.4 is 5.32 Å². The minimum atomic E-state index is 0.477. The van der Waals surface area contributed by atoms with Gasteiger partial charge in [0.2, 0.25) is 0 Å². The molecule has 3 rings (SSSR count). The van der Waals surface area contributed by atoms with Crippen molar-refractivity contribution < 1.29 is 0 Å². The molecule has 0 saturated heterocycles. The molecule has 0 saturated carbocycles. The van der Waals surface area contributed by atoms with Crippen molar-refractivity contribution >= 4 is 10.8 Å². The van der Waals surface area contributed by atoms with Gasteiger partial charge in [-0.25, -0.2) is 0 Å². The summed E-state index contributed by atoms with van der Waals surface area (Å²) in [6, 6.07) is 12.0. The van der Waals surface area contributed by atoms with Gasteiger partial charge >= 0.3 is 0 Å². The Balaban J connectivity index is 2.11. The Morgan fingerprint density at radius 1 is 1.05 bits per heavy atom. The van der Waals surface area contributed by atoms with Gasteiger partial charge in [0.1, 0.15) is 0 Å². The van der Waals surface area contributed by atoms with E-state index in [2.05, 4.69) is 56.4 Å². The molecule has 0 bridgehead atoms. The van der Waals surface area contributed by atoms with Gasteiger partial charge in [0.15, 0.2) is 0 Å².